The van der Waals surface area contributed by atoms with Crippen molar-refractivity contribution in [1.82, 2.24) is 25.1 Å². The highest BCUT2D eigenvalue weighted by molar-refractivity contribution is 6.31. The van der Waals surface area contributed by atoms with E-state index in [1.54, 1.807) is 40.9 Å². The third kappa shape index (κ3) is 3.18. The molecule has 2 aromatic heterocycles. The van der Waals surface area contributed by atoms with Crippen molar-refractivity contribution in [2.75, 3.05) is 6.54 Å². The maximum Gasteiger partial charge on any atom is 0.251 e. The lowest BCUT2D eigenvalue weighted by Gasteiger charge is -2.04. The molecule has 0 unspecified atom stereocenters. The van der Waals surface area contributed by atoms with E-state index in [9.17, 15) is 4.79 Å². The molecule has 0 saturated carbocycles. The molecule has 2 heterocycles. The highest BCUT2D eigenvalue weighted by Gasteiger charge is 2.09. The number of halogens is 2. The Bertz CT molecular complexity index is 833. The van der Waals surface area contributed by atoms with Crippen molar-refractivity contribution in [2.45, 2.75) is 6.42 Å². The molecule has 112 valence electrons. The van der Waals surface area contributed by atoms with Gasteiger partial charge in [-0.15, -0.1) is 10.2 Å². The molecule has 0 aliphatic rings. The van der Waals surface area contributed by atoms with E-state index in [0.29, 0.717) is 40.2 Å². The van der Waals surface area contributed by atoms with Gasteiger partial charge in [-0.1, -0.05) is 29.3 Å². The van der Waals surface area contributed by atoms with Crippen molar-refractivity contribution >= 4 is 34.8 Å². The molecular weight excluding hydrogens is 325 g/mol. The zero-order valence-corrected chi connectivity index (χ0v) is 12.8. The van der Waals surface area contributed by atoms with E-state index in [1.165, 1.54) is 0 Å². The molecule has 1 amide bonds. The minimum atomic E-state index is -0.192. The summed E-state index contributed by atoms with van der Waals surface area (Å²) in [4.78, 5) is 12.0. The van der Waals surface area contributed by atoms with Crippen molar-refractivity contribution in [2.24, 2.45) is 0 Å². The Morgan fingerprint density at radius 3 is 2.86 bits per heavy atom. The first-order valence-electron chi connectivity index (χ1n) is 6.54. The molecule has 0 aliphatic carbocycles. The maximum atomic E-state index is 12.0. The number of benzene rings is 1. The van der Waals surface area contributed by atoms with E-state index in [2.05, 4.69) is 20.6 Å². The number of hydrogen-bond acceptors (Lipinski definition) is 4. The molecule has 0 fully saturated rings. The fourth-order valence-corrected chi connectivity index (χ4v) is 2.32. The van der Waals surface area contributed by atoms with Gasteiger partial charge in [-0.25, -0.2) is 0 Å². The highest BCUT2D eigenvalue weighted by Crippen LogP contribution is 2.10. The zero-order valence-electron chi connectivity index (χ0n) is 11.3. The van der Waals surface area contributed by atoms with Crippen LogP contribution in [0.3, 0.4) is 0 Å². The summed E-state index contributed by atoms with van der Waals surface area (Å²) in [7, 11) is 0. The maximum absolute atomic E-state index is 12.0. The second kappa shape index (κ2) is 6.29. The van der Waals surface area contributed by atoms with Crippen molar-refractivity contribution < 1.29 is 4.79 Å². The van der Waals surface area contributed by atoms with Crippen LogP contribution in [-0.4, -0.2) is 32.3 Å². The average Bonchev–Trinajstić information content (AvgIpc) is 2.89. The van der Waals surface area contributed by atoms with E-state index in [0.717, 1.165) is 0 Å². The van der Waals surface area contributed by atoms with E-state index in [-0.39, 0.29) is 5.91 Å². The van der Waals surface area contributed by atoms with Gasteiger partial charge in [-0.3, -0.25) is 4.79 Å². The first-order chi connectivity index (χ1) is 10.6. The average molecular weight is 336 g/mol. The Morgan fingerprint density at radius 2 is 2.05 bits per heavy atom. The third-order valence-corrected chi connectivity index (χ3v) is 3.45. The molecule has 0 saturated heterocycles. The lowest BCUT2D eigenvalue weighted by Crippen LogP contribution is -2.26. The van der Waals surface area contributed by atoms with Crippen molar-refractivity contribution in [1.29, 1.82) is 0 Å². The molecule has 0 spiro atoms. The fraction of sp³-hybridized carbons (Fsp3) is 0.143. The van der Waals surface area contributed by atoms with Crippen LogP contribution in [0, 0.1) is 0 Å². The fourth-order valence-electron chi connectivity index (χ4n) is 1.99. The number of nitrogens with zero attached hydrogens (tertiary/aromatic N) is 4. The van der Waals surface area contributed by atoms with Crippen LogP contribution in [0.5, 0.6) is 0 Å². The molecule has 0 bridgehead atoms. The van der Waals surface area contributed by atoms with E-state index in [4.69, 9.17) is 23.2 Å². The van der Waals surface area contributed by atoms with Gasteiger partial charge in [0.25, 0.3) is 5.91 Å². The summed E-state index contributed by atoms with van der Waals surface area (Å²) < 4.78 is 1.56. The lowest BCUT2D eigenvalue weighted by molar-refractivity contribution is 0.0954. The van der Waals surface area contributed by atoms with Crippen LogP contribution in [0.4, 0.5) is 0 Å². The normalized spacial score (nSPS) is 10.8. The summed E-state index contributed by atoms with van der Waals surface area (Å²) in [5, 5.41) is 15.8. The molecular formula is C14H11Cl2N5O. The molecule has 0 radical (unpaired) electrons. The summed E-state index contributed by atoms with van der Waals surface area (Å²) in [6.07, 6.45) is 0.487. The first kappa shape index (κ1) is 14.7. The van der Waals surface area contributed by atoms with Crippen molar-refractivity contribution in [3.63, 3.8) is 0 Å². The minimum absolute atomic E-state index is 0.192. The number of carbonyl (C=O) groups is 1. The topological polar surface area (TPSA) is 72.2 Å². The molecule has 3 rings (SSSR count). The predicted octanol–water partition coefficient (Wildman–Crippen LogP) is 2.40. The second-order valence-corrected chi connectivity index (χ2v) is 5.38. The summed E-state index contributed by atoms with van der Waals surface area (Å²) in [6.45, 7) is 0.403. The van der Waals surface area contributed by atoms with Crippen LogP contribution in [0.25, 0.3) is 5.65 Å². The van der Waals surface area contributed by atoms with Crippen molar-refractivity contribution in [3.05, 3.63) is 58.0 Å². The third-order valence-electron chi connectivity index (χ3n) is 3.02. The first-order valence-corrected chi connectivity index (χ1v) is 7.30. The lowest BCUT2D eigenvalue weighted by atomic mass is 10.2. The van der Waals surface area contributed by atoms with Crippen LogP contribution in [-0.2, 0) is 6.42 Å². The molecule has 8 heteroatoms. The number of rotatable bonds is 4. The van der Waals surface area contributed by atoms with Crippen molar-refractivity contribution in [3.8, 4) is 0 Å². The zero-order chi connectivity index (χ0) is 15.5. The van der Waals surface area contributed by atoms with E-state index >= 15 is 0 Å². The smallest absolute Gasteiger partial charge is 0.251 e. The molecule has 0 atom stereocenters. The SMILES string of the molecule is O=C(NCCc1nnc2ccc(Cl)nn12)c1cccc(Cl)c1. The Balaban J connectivity index is 1.65. The Kier molecular flexibility index (Phi) is 4.22. The van der Waals surface area contributed by atoms with Gasteiger partial charge in [0.15, 0.2) is 11.5 Å². The van der Waals surface area contributed by atoms with Gasteiger partial charge in [-0.05, 0) is 30.3 Å². The van der Waals surface area contributed by atoms with Gasteiger partial charge in [0.05, 0.1) is 0 Å². The van der Waals surface area contributed by atoms with Crippen LogP contribution >= 0.6 is 23.2 Å². The van der Waals surface area contributed by atoms with Crippen LogP contribution in [0.15, 0.2) is 36.4 Å². The number of nitrogens with one attached hydrogen (secondary N) is 1. The second-order valence-electron chi connectivity index (χ2n) is 4.56. The van der Waals surface area contributed by atoms with Gasteiger partial charge in [-0.2, -0.15) is 9.61 Å². The molecule has 1 N–H and O–H groups in total. The summed E-state index contributed by atoms with van der Waals surface area (Å²) in [5.41, 5.74) is 1.13. The van der Waals surface area contributed by atoms with E-state index < -0.39 is 0 Å². The van der Waals surface area contributed by atoms with Crippen LogP contribution < -0.4 is 5.32 Å². The van der Waals surface area contributed by atoms with Gasteiger partial charge in [0.1, 0.15) is 5.15 Å². The number of hydrogen-bond donors (Lipinski definition) is 1. The Labute approximate surface area is 136 Å². The number of amides is 1. The van der Waals surface area contributed by atoms with Gasteiger partial charge in [0.2, 0.25) is 0 Å². The number of aromatic nitrogens is 4. The summed E-state index contributed by atoms with van der Waals surface area (Å²) in [5.74, 6) is 0.436. The van der Waals surface area contributed by atoms with Gasteiger partial charge < -0.3 is 5.32 Å². The molecule has 22 heavy (non-hydrogen) atoms. The molecule has 1 aromatic carbocycles. The summed E-state index contributed by atoms with van der Waals surface area (Å²) >= 11 is 11.7. The van der Waals surface area contributed by atoms with Crippen LogP contribution in [0.2, 0.25) is 10.2 Å². The minimum Gasteiger partial charge on any atom is -0.352 e. The monoisotopic (exact) mass is 335 g/mol. The molecule has 0 aliphatic heterocycles. The predicted molar refractivity (Wildman–Crippen MR) is 83.3 cm³/mol. The standard InChI is InChI=1S/C14H11Cl2N5O/c15-10-3-1-2-9(8-10)14(22)17-7-6-13-19-18-12-5-4-11(16)20-21(12)13/h1-5,8H,6-7H2,(H,17,22). The Morgan fingerprint density at radius 1 is 1.18 bits per heavy atom. The highest BCUT2D eigenvalue weighted by atomic mass is 35.5. The quantitative estimate of drug-likeness (QED) is 0.794. The van der Waals surface area contributed by atoms with Gasteiger partial charge >= 0.3 is 0 Å². The van der Waals surface area contributed by atoms with Gasteiger partial charge in [0, 0.05) is 23.6 Å². The number of fused-ring (bicyclic) bond motifs is 1. The molecule has 6 nitrogen and oxygen atoms in total. The largest absolute Gasteiger partial charge is 0.352 e. The van der Waals surface area contributed by atoms with Crippen LogP contribution in [0.1, 0.15) is 16.2 Å². The Hall–Kier alpha value is -2.18. The summed E-state index contributed by atoms with van der Waals surface area (Å²) in [6, 6.07) is 10.2. The number of carbonyl (C=O) groups excluding carboxylic acids is 1. The van der Waals surface area contributed by atoms with E-state index in [1.807, 2.05) is 0 Å². The molecule has 3 aromatic rings.